The van der Waals surface area contributed by atoms with Gasteiger partial charge in [0.25, 0.3) is 0 Å². The SMILES string of the molecule is CN=CC1CCCCCC/C1=C/N. The Morgan fingerprint density at radius 1 is 1.31 bits per heavy atom. The van der Waals surface area contributed by atoms with Crippen LogP contribution in [-0.4, -0.2) is 13.3 Å². The number of nitrogens with zero attached hydrogens (tertiary/aromatic N) is 1. The van der Waals surface area contributed by atoms with Gasteiger partial charge in [0.05, 0.1) is 0 Å². The molecule has 13 heavy (non-hydrogen) atoms. The Kier molecular flexibility index (Phi) is 4.58. The quantitative estimate of drug-likeness (QED) is 0.619. The summed E-state index contributed by atoms with van der Waals surface area (Å²) in [4.78, 5) is 4.11. The highest BCUT2D eigenvalue weighted by molar-refractivity contribution is 5.64. The van der Waals surface area contributed by atoms with Crippen LogP contribution in [0.4, 0.5) is 0 Å². The highest BCUT2D eigenvalue weighted by atomic mass is 14.6. The summed E-state index contributed by atoms with van der Waals surface area (Å²) >= 11 is 0. The molecule has 0 aromatic carbocycles. The van der Waals surface area contributed by atoms with E-state index in [2.05, 4.69) is 4.99 Å². The third-order valence-corrected chi connectivity index (χ3v) is 2.75. The molecule has 0 spiro atoms. The van der Waals surface area contributed by atoms with Gasteiger partial charge in [0.2, 0.25) is 0 Å². The minimum atomic E-state index is 0.510. The van der Waals surface area contributed by atoms with Gasteiger partial charge in [0.15, 0.2) is 0 Å². The first kappa shape index (κ1) is 10.3. The Labute approximate surface area is 80.9 Å². The van der Waals surface area contributed by atoms with Crippen molar-refractivity contribution in [3.8, 4) is 0 Å². The first-order valence-corrected chi connectivity index (χ1v) is 5.21. The normalized spacial score (nSPS) is 29.0. The third-order valence-electron chi connectivity index (χ3n) is 2.75. The zero-order chi connectivity index (χ0) is 9.52. The van der Waals surface area contributed by atoms with E-state index < -0.39 is 0 Å². The molecule has 1 aliphatic rings. The summed E-state index contributed by atoms with van der Waals surface area (Å²) in [7, 11) is 1.84. The van der Waals surface area contributed by atoms with Crippen molar-refractivity contribution in [3.63, 3.8) is 0 Å². The van der Waals surface area contributed by atoms with Crippen molar-refractivity contribution in [2.45, 2.75) is 38.5 Å². The zero-order valence-corrected chi connectivity index (χ0v) is 8.50. The fourth-order valence-corrected chi connectivity index (χ4v) is 1.97. The molecule has 0 aromatic rings. The van der Waals surface area contributed by atoms with Crippen LogP contribution in [0.15, 0.2) is 16.8 Å². The molecule has 0 saturated heterocycles. The summed E-state index contributed by atoms with van der Waals surface area (Å²) in [6, 6.07) is 0. The van der Waals surface area contributed by atoms with Gasteiger partial charge in [-0.2, -0.15) is 0 Å². The minimum absolute atomic E-state index is 0.510. The van der Waals surface area contributed by atoms with E-state index in [4.69, 9.17) is 5.73 Å². The van der Waals surface area contributed by atoms with E-state index in [1.54, 1.807) is 6.20 Å². The molecule has 74 valence electrons. The maximum Gasteiger partial charge on any atom is 0.0273 e. The van der Waals surface area contributed by atoms with Crippen molar-refractivity contribution in [1.29, 1.82) is 0 Å². The van der Waals surface area contributed by atoms with Crippen molar-refractivity contribution in [2.24, 2.45) is 16.6 Å². The van der Waals surface area contributed by atoms with Crippen LogP contribution in [0, 0.1) is 5.92 Å². The largest absolute Gasteiger partial charge is 0.405 e. The summed E-state index contributed by atoms with van der Waals surface area (Å²) in [6.07, 6.45) is 11.5. The number of hydrogen-bond donors (Lipinski definition) is 1. The van der Waals surface area contributed by atoms with Crippen LogP contribution in [0.1, 0.15) is 38.5 Å². The number of nitrogens with two attached hydrogens (primary N) is 1. The lowest BCUT2D eigenvalue weighted by atomic mass is 9.88. The summed E-state index contributed by atoms with van der Waals surface area (Å²) in [5.41, 5.74) is 7.00. The standard InChI is InChI=1S/C11H20N2/c1-13-9-11-7-5-3-2-4-6-10(11)8-12/h8-9,11H,2-7,12H2,1H3/b10-8-,13-9?. The Balaban J connectivity index is 2.61. The van der Waals surface area contributed by atoms with Gasteiger partial charge in [-0.15, -0.1) is 0 Å². The molecule has 0 heterocycles. The molecule has 1 atom stereocenters. The van der Waals surface area contributed by atoms with Crippen LogP contribution < -0.4 is 5.73 Å². The van der Waals surface area contributed by atoms with Gasteiger partial charge in [0.1, 0.15) is 0 Å². The summed E-state index contributed by atoms with van der Waals surface area (Å²) in [5.74, 6) is 0.510. The predicted molar refractivity (Wildman–Crippen MR) is 57.9 cm³/mol. The smallest absolute Gasteiger partial charge is 0.0273 e. The molecule has 0 aromatic heterocycles. The van der Waals surface area contributed by atoms with E-state index >= 15 is 0 Å². The van der Waals surface area contributed by atoms with E-state index in [0.29, 0.717) is 5.92 Å². The fraction of sp³-hybridized carbons (Fsp3) is 0.727. The van der Waals surface area contributed by atoms with Crippen molar-refractivity contribution < 1.29 is 0 Å². The van der Waals surface area contributed by atoms with Crippen LogP contribution in [0.2, 0.25) is 0 Å². The second kappa shape index (κ2) is 5.79. The third kappa shape index (κ3) is 3.21. The first-order valence-electron chi connectivity index (χ1n) is 5.21. The van der Waals surface area contributed by atoms with Gasteiger partial charge in [-0.25, -0.2) is 0 Å². The monoisotopic (exact) mass is 180 g/mol. The molecular weight excluding hydrogens is 160 g/mol. The second-order valence-electron chi connectivity index (χ2n) is 3.71. The molecular formula is C11H20N2. The second-order valence-corrected chi connectivity index (χ2v) is 3.71. The molecule has 1 aliphatic carbocycles. The molecule has 1 unspecified atom stereocenters. The van der Waals surface area contributed by atoms with E-state index in [9.17, 15) is 0 Å². The Morgan fingerprint density at radius 2 is 2.08 bits per heavy atom. The van der Waals surface area contributed by atoms with Gasteiger partial charge in [-0.1, -0.05) is 19.3 Å². The maximum absolute atomic E-state index is 5.62. The van der Waals surface area contributed by atoms with E-state index in [0.717, 1.165) is 6.42 Å². The molecule has 0 radical (unpaired) electrons. The van der Waals surface area contributed by atoms with Crippen LogP contribution in [0.25, 0.3) is 0 Å². The van der Waals surface area contributed by atoms with Crippen LogP contribution in [-0.2, 0) is 0 Å². The molecule has 1 rings (SSSR count). The molecule has 0 amide bonds. The lowest BCUT2D eigenvalue weighted by molar-refractivity contribution is 0.531. The molecule has 1 saturated carbocycles. The average Bonchev–Trinajstić information content (AvgIpc) is 2.10. The highest BCUT2D eigenvalue weighted by Crippen LogP contribution is 2.25. The Bertz CT molecular complexity index is 194. The summed E-state index contributed by atoms with van der Waals surface area (Å²) in [5, 5.41) is 0. The van der Waals surface area contributed by atoms with Crippen LogP contribution in [0.3, 0.4) is 0 Å². The number of allylic oxidation sites excluding steroid dienone is 1. The molecule has 2 nitrogen and oxygen atoms in total. The topological polar surface area (TPSA) is 38.4 Å². The first-order chi connectivity index (χ1) is 6.38. The van der Waals surface area contributed by atoms with Gasteiger partial charge in [-0.05, 0) is 31.0 Å². The summed E-state index contributed by atoms with van der Waals surface area (Å²) < 4.78 is 0. The van der Waals surface area contributed by atoms with Gasteiger partial charge < -0.3 is 10.7 Å². The maximum atomic E-state index is 5.62. The molecule has 2 N–H and O–H groups in total. The Morgan fingerprint density at radius 3 is 2.77 bits per heavy atom. The molecule has 1 fully saturated rings. The molecule has 0 aliphatic heterocycles. The minimum Gasteiger partial charge on any atom is -0.405 e. The molecule has 2 heteroatoms. The average molecular weight is 180 g/mol. The van der Waals surface area contributed by atoms with Crippen LogP contribution in [0.5, 0.6) is 0 Å². The van der Waals surface area contributed by atoms with Crippen molar-refractivity contribution in [1.82, 2.24) is 0 Å². The van der Waals surface area contributed by atoms with E-state index in [-0.39, 0.29) is 0 Å². The van der Waals surface area contributed by atoms with Crippen molar-refractivity contribution >= 4 is 6.21 Å². The van der Waals surface area contributed by atoms with E-state index in [1.807, 2.05) is 13.3 Å². The number of rotatable bonds is 1. The van der Waals surface area contributed by atoms with Crippen LogP contribution >= 0.6 is 0 Å². The lowest BCUT2D eigenvalue weighted by Gasteiger charge is -2.18. The zero-order valence-electron chi connectivity index (χ0n) is 8.50. The predicted octanol–water partition coefficient (Wildman–Crippen LogP) is 2.50. The van der Waals surface area contributed by atoms with E-state index in [1.165, 1.54) is 37.7 Å². The highest BCUT2D eigenvalue weighted by Gasteiger charge is 2.13. The number of hydrogen-bond acceptors (Lipinski definition) is 2. The van der Waals surface area contributed by atoms with Gasteiger partial charge in [-0.3, -0.25) is 0 Å². The summed E-state index contributed by atoms with van der Waals surface area (Å²) in [6.45, 7) is 0. The van der Waals surface area contributed by atoms with Crippen molar-refractivity contribution in [2.75, 3.05) is 7.05 Å². The lowest BCUT2D eigenvalue weighted by Crippen LogP contribution is -2.10. The van der Waals surface area contributed by atoms with Crippen molar-refractivity contribution in [3.05, 3.63) is 11.8 Å². The van der Waals surface area contributed by atoms with Gasteiger partial charge in [0, 0.05) is 19.2 Å². The Hall–Kier alpha value is -0.790. The van der Waals surface area contributed by atoms with Gasteiger partial charge >= 0.3 is 0 Å². The fourth-order valence-electron chi connectivity index (χ4n) is 1.97. The number of aliphatic imine (C=N–C) groups is 1. The molecule has 0 bridgehead atoms.